The molecule has 0 unspecified atom stereocenters. The van der Waals surface area contributed by atoms with E-state index >= 15 is 0 Å². The number of hydrogen-bond acceptors (Lipinski definition) is 2. The highest BCUT2D eigenvalue weighted by Gasteiger charge is 2.15. The maximum absolute atomic E-state index is 3.87. The molecule has 0 saturated heterocycles. The molecule has 0 amide bonds. The fourth-order valence-corrected chi connectivity index (χ4v) is 4.41. The van der Waals surface area contributed by atoms with E-state index in [0.717, 1.165) is 13.1 Å². The summed E-state index contributed by atoms with van der Waals surface area (Å²) in [6, 6.07) is 8.90. The molecule has 2 heterocycles. The van der Waals surface area contributed by atoms with Gasteiger partial charge in [0.05, 0.1) is 9.75 Å². The third kappa shape index (κ3) is 3.40. The molecule has 4 heteroatoms. The lowest BCUT2D eigenvalue weighted by atomic mass is 10.1. The van der Waals surface area contributed by atoms with E-state index in [9.17, 15) is 0 Å². The normalized spacial score (nSPS) is 10.8. The largest absolute Gasteiger partial charge is 0.225 e. The zero-order valence-electron chi connectivity index (χ0n) is 14.2. The quantitative estimate of drug-likeness (QED) is 0.580. The van der Waals surface area contributed by atoms with Gasteiger partial charge in [0.15, 0.2) is 24.5 Å². The number of aromatic nitrogens is 2. The highest BCUT2D eigenvalue weighted by Crippen LogP contribution is 2.14. The summed E-state index contributed by atoms with van der Waals surface area (Å²) in [5.41, 5.74) is 9.53. The second kappa shape index (κ2) is 7.24. The van der Waals surface area contributed by atoms with Crippen LogP contribution in [-0.2, 0) is 13.1 Å². The van der Waals surface area contributed by atoms with Crippen molar-refractivity contribution in [1.82, 2.24) is 0 Å². The van der Waals surface area contributed by atoms with E-state index in [1.165, 1.54) is 32.3 Å². The van der Waals surface area contributed by atoms with Crippen LogP contribution in [0.5, 0.6) is 0 Å². The van der Waals surface area contributed by atoms with Gasteiger partial charge in [-0.2, -0.15) is 9.13 Å². The summed E-state index contributed by atoms with van der Waals surface area (Å²) in [6.07, 6.45) is 3.86. The lowest BCUT2D eigenvalue weighted by Crippen LogP contribution is -2.35. The van der Waals surface area contributed by atoms with Crippen LogP contribution < -0.4 is 9.13 Å². The number of thiazole rings is 2. The highest BCUT2D eigenvalue weighted by atomic mass is 32.1. The lowest BCUT2D eigenvalue weighted by Gasteiger charge is -2.01. The highest BCUT2D eigenvalue weighted by molar-refractivity contribution is 7.10. The van der Waals surface area contributed by atoms with Gasteiger partial charge >= 0.3 is 0 Å². The van der Waals surface area contributed by atoms with Crippen LogP contribution >= 0.6 is 22.7 Å². The van der Waals surface area contributed by atoms with Gasteiger partial charge in [0.25, 0.3) is 0 Å². The van der Waals surface area contributed by atoms with Crippen molar-refractivity contribution in [3.63, 3.8) is 0 Å². The Bertz CT molecular complexity index is 796. The van der Waals surface area contributed by atoms with Gasteiger partial charge in [0.2, 0.25) is 11.0 Å². The minimum Gasteiger partial charge on any atom is -0.188 e. The predicted octanol–water partition coefficient (Wildman–Crippen LogP) is 4.38. The van der Waals surface area contributed by atoms with Gasteiger partial charge in [-0.3, -0.25) is 0 Å². The molecule has 0 fully saturated rings. The molecular weight excluding hydrogens is 332 g/mol. The van der Waals surface area contributed by atoms with E-state index in [2.05, 4.69) is 71.4 Å². The molecule has 0 saturated carbocycles. The van der Waals surface area contributed by atoms with Gasteiger partial charge < -0.3 is 0 Å². The second-order valence-corrected chi connectivity index (χ2v) is 7.60. The summed E-state index contributed by atoms with van der Waals surface area (Å²) in [7, 11) is 0. The monoisotopic (exact) mass is 354 g/mol. The summed E-state index contributed by atoms with van der Waals surface area (Å²) < 4.78 is 4.57. The van der Waals surface area contributed by atoms with Crippen LogP contribution in [0.25, 0.3) is 12.2 Å². The maximum atomic E-state index is 3.87. The number of nitrogens with zero attached hydrogens (tertiary/aromatic N) is 2. The Kier molecular flexibility index (Phi) is 5.07. The molecule has 3 aromatic rings. The average molecular weight is 355 g/mol. The maximum Gasteiger partial charge on any atom is 0.225 e. The molecule has 0 bridgehead atoms. The first-order valence-corrected chi connectivity index (χ1v) is 9.66. The molecule has 2 nitrogen and oxygen atoms in total. The Morgan fingerprint density at radius 1 is 0.792 bits per heavy atom. The lowest BCUT2D eigenvalue weighted by molar-refractivity contribution is -0.690. The molecule has 3 rings (SSSR count). The SMILES string of the molecule is C=Cc1sc[n+](Cc2ccc(C[n+]3csc(C=C)c3C)cc2)c1C. The van der Waals surface area contributed by atoms with Gasteiger partial charge in [-0.1, -0.05) is 60.1 Å². The number of benzene rings is 1. The summed E-state index contributed by atoms with van der Waals surface area (Å²) in [4.78, 5) is 2.49. The van der Waals surface area contributed by atoms with Crippen molar-refractivity contribution in [2.24, 2.45) is 0 Å². The van der Waals surface area contributed by atoms with E-state index in [-0.39, 0.29) is 0 Å². The number of hydrogen-bond donors (Lipinski definition) is 0. The van der Waals surface area contributed by atoms with Crippen molar-refractivity contribution in [2.75, 3.05) is 0 Å². The molecule has 1 aromatic carbocycles. The van der Waals surface area contributed by atoms with Crippen molar-refractivity contribution in [1.29, 1.82) is 0 Å². The zero-order chi connectivity index (χ0) is 17.1. The molecule has 0 atom stereocenters. The molecule has 0 spiro atoms. The first kappa shape index (κ1) is 16.8. The fourth-order valence-electron chi connectivity index (χ4n) is 2.70. The van der Waals surface area contributed by atoms with Gasteiger partial charge in [0, 0.05) is 25.0 Å². The molecule has 0 aliphatic rings. The summed E-state index contributed by atoms with van der Waals surface area (Å²) in [6.45, 7) is 13.8. The van der Waals surface area contributed by atoms with Crippen LogP contribution in [0.4, 0.5) is 0 Å². The van der Waals surface area contributed by atoms with Crippen LogP contribution in [-0.4, -0.2) is 0 Å². The van der Waals surface area contributed by atoms with E-state index < -0.39 is 0 Å². The smallest absolute Gasteiger partial charge is 0.188 e. The standard InChI is InChI=1S/C20H22N2S2/c1-5-19-15(3)21(13-23-19)11-17-7-9-18(10-8-17)12-22-14-24-20(6-2)16(22)4/h5-10,13-14H,1-2,11-12H2,3-4H3/q+2. The van der Waals surface area contributed by atoms with Crippen LogP contribution in [0.1, 0.15) is 32.3 Å². The van der Waals surface area contributed by atoms with E-state index in [1.807, 2.05) is 12.2 Å². The van der Waals surface area contributed by atoms with Gasteiger partial charge in [-0.25, -0.2) is 0 Å². The minimum absolute atomic E-state index is 0.904. The molecule has 0 radical (unpaired) electrons. The van der Waals surface area contributed by atoms with Crippen LogP contribution in [0, 0.1) is 13.8 Å². The summed E-state index contributed by atoms with van der Waals surface area (Å²) >= 11 is 3.48. The van der Waals surface area contributed by atoms with Crippen molar-refractivity contribution >= 4 is 34.8 Å². The second-order valence-electron chi connectivity index (χ2n) is 5.83. The summed E-state index contributed by atoms with van der Waals surface area (Å²) in [5.74, 6) is 0. The van der Waals surface area contributed by atoms with Crippen LogP contribution in [0.3, 0.4) is 0 Å². The first-order chi connectivity index (χ1) is 11.6. The molecule has 0 aliphatic heterocycles. The minimum atomic E-state index is 0.904. The third-order valence-electron chi connectivity index (χ3n) is 4.29. The Balaban J connectivity index is 1.73. The summed E-state index contributed by atoms with van der Waals surface area (Å²) in [5, 5.41) is 0. The van der Waals surface area contributed by atoms with Crippen molar-refractivity contribution < 1.29 is 9.13 Å². The third-order valence-corrected chi connectivity index (χ3v) is 6.44. The van der Waals surface area contributed by atoms with Gasteiger partial charge in [-0.15, -0.1) is 0 Å². The Labute approximate surface area is 151 Å². The van der Waals surface area contributed by atoms with Gasteiger partial charge in [-0.05, 0) is 12.2 Å². The fraction of sp³-hybridized carbons (Fsp3) is 0.200. The Hall–Kier alpha value is -2.04. The van der Waals surface area contributed by atoms with Crippen LogP contribution in [0.2, 0.25) is 0 Å². The van der Waals surface area contributed by atoms with E-state index in [4.69, 9.17) is 0 Å². The molecular formula is C20H22N2S2+2. The van der Waals surface area contributed by atoms with Crippen molar-refractivity contribution in [2.45, 2.75) is 26.9 Å². The Morgan fingerprint density at radius 3 is 1.46 bits per heavy atom. The number of rotatable bonds is 6. The first-order valence-electron chi connectivity index (χ1n) is 7.90. The molecule has 2 aromatic heterocycles. The zero-order valence-corrected chi connectivity index (χ0v) is 15.8. The van der Waals surface area contributed by atoms with Gasteiger partial charge in [0.1, 0.15) is 0 Å². The van der Waals surface area contributed by atoms with E-state index in [1.54, 1.807) is 22.7 Å². The topological polar surface area (TPSA) is 7.76 Å². The molecule has 122 valence electrons. The Morgan fingerprint density at radius 2 is 1.17 bits per heavy atom. The molecule has 0 aliphatic carbocycles. The van der Waals surface area contributed by atoms with Crippen molar-refractivity contribution in [3.05, 3.63) is 80.7 Å². The molecule has 0 N–H and O–H groups in total. The van der Waals surface area contributed by atoms with E-state index in [0.29, 0.717) is 0 Å². The van der Waals surface area contributed by atoms with Crippen molar-refractivity contribution in [3.8, 4) is 0 Å². The predicted molar refractivity (Wildman–Crippen MR) is 103 cm³/mol. The molecule has 24 heavy (non-hydrogen) atoms. The average Bonchev–Trinajstić information content (AvgIpc) is 3.13. The van der Waals surface area contributed by atoms with Crippen LogP contribution in [0.15, 0.2) is 48.4 Å².